The van der Waals surface area contributed by atoms with Gasteiger partial charge in [-0.3, -0.25) is 0 Å². The minimum Gasteiger partial charge on any atom is -0.383 e. The molecule has 0 unspecified atom stereocenters. The van der Waals surface area contributed by atoms with E-state index in [1.807, 2.05) is 0 Å². The summed E-state index contributed by atoms with van der Waals surface area (Å²) in [7, 11) is 0. The maximum atomic E-state index is 13.6. The molecular formula is C11H11BrF4O. The van der Waals surface area contributed by atoms with Gasteiger partial charge in [0.05, 0.1) is 0 Å². The van der Waals surface area contributed by atoms with E-state index in [9.17, 15) is 22.7 Å². The molecule has 6 heteroatoms. The predicted molar refractivity (Wildman–Crippen MR) is 59.2 cm³/mol. The van der Waals surface area contributed by atoms with E-state index in [0.717, 1.165) is 19.9 Å². The van der Waals surface area contributed by atoms with E-state index in [4.69, 9.17) is 0 Å². The first-order valence-electron chi connectivity index (χ1n) is 4.77. The Morgan fingerprint density at radius 1 is 1.24 bits per heavy atom. The zero-order valence-electron chi connectivity index (χ0n) is 9.15. The fourth-order valence-electron chi connectivity index (χ4n) is 1.57. The van der Waals surface area contributed by atoms with Crippen LogP contribution >= 0.6 is 15.9 Å². The molecule has 0 aliphatic heterocycles. The van der Waals surface area contributed by atoms with Gasteiger partial charge < -0.3 is 5.11 Å². The molecule has 1 aromatic carbocycles. The van der Waals surface area contributed by atoms with Gasteiger partial charge in [0.15, 0.2) is 6.10 Å². The quantitative estimate of drug-likeness (QED) is 0.823. The molecule has 1 rings (SSSR count). The van der Waals surface area contributed by atoms with Gasteiger partial charge in [-0.25, -0.2) is 4.39 Å². The monoisotopic (exact) mass is 314 g/mol. The molecule has 0 fully saturated rings. The second-order valence-corrected chi connectivity index (χ2v) is 5.21. The SMILES string of the molecule is CC(C)(c1ccc(Br)cc1F)[C@H](O)C(F)(F)F. The van der Waals surface area contributed by atoms with Crippen molar-refractivity contribution in [3.05, 3.63) is 34.1 Å². The number of rotatable bonds is 2. The van der Waals surface area contributed by atoms with Crippen LogP contribution in [-0.2, 0) is 5.41 Å². The van der Waals surface area contributed by atoms with Gasteiger partial charge in [0.25, 0.3) is 0 Å². The van der Waals surface area contributed by atoms with Crippen LogP contribution in [0.3, 0.4) is 0 Å². The largest absolute Gasteiger partial charge is 0.415 e. The Kier molecular flexibility index (Phi) is 3.88. The summed E-state index contributed by atoms with van der Waals surface area (Å²) in [5.74, 6) is -0.785. The van der Waals surface area contributed by atoms with Gasteiger partial charge in [-0.1, -0.05) is 35.8 Å². The van der Waals surface area contributed by atoms with Crippen molar-refractivity contribution in [1.82, 2.24) is 0 Å². The van der Waals surface area contributed by atoms with Crippen molar-refractivity contribution in [3.8, 4) is 0 Å². The third kappa shape index (κ3) is 2.98. The fourth-order valence-corrected chi connectivity index (χ4v) is 1.90. The standard InChI is InChI=1S/C11H11BrF4O/c1-10(2,9(17)11(14,15)16)7-4-3-6(12)5-8(7)13/h3-5,9,17H,1-2H3/t9-/m0/s1. The van der Waals surface area contributed by atoms with Crippen LogP contribution in [0, 0.1) is 5.82 Å². The van der Waals surface area contributed by atoms with E-state index in [2.05, 4.69) is 15.9 Å². The lowest BCUT2D eigenvalue weighted by Gasteiger charge is -2.32. The number of aliphatic hydroxyl groups is 1. The highest BCUT2D eigenvalue weighted by Crippen LogP contribution is 2.38. The average molecular weight is 315 g/mol. The van der Waals surface area contributed by atoms with E-state index in [-0.39, 0.29) is 5.56 Å². The second-order valence-electron chi connectivity index (χ2n) is 4.29. The Morgan fingerprint density at radius 3 is 2.18 bits per heavy atom. The summed E-state index contributed by atoms with van der Waals surface area (Å²) in [5, 5.41) is 9.26. The van der Waals surface area contributed by atoms with Crippen LogP contribution in [0.25, 0.3) is 0 Å². The molecule has 17 heavy (non-hydrogen) atoms. The van der Waals surface area contributed by atoms with Crippen LogP contribution in [0.4, 0.5) is 17.6 Å². The number of hydrogen-bond acceptors (Lipinski definition) is 1. The normalized spacial score (nSPS) is 14.8. The van der Waals surface area contributed by atoms with E-state index in [1.54, 1.807) is 0 Å². The third-order valence-electron chi connectivity index (χ3n) is 2.62. The third-order valence-corrected chi connectivity index (χ3v) is 3.11. The van der Waals surface area contributed by atoms with Crippen molar-refractivity contribution in [2.75, 3.05) is 0 Å². The van der Waals surface area contributed by atoms with Crippen LogP contribution in [0.15, 0.2) is 22.7 Å². The zero-order chi connectivity index (χ0) is 13.4. The van der Waals surface area contributed by atoms with Crippen LogP contribution in [0.2, 0.25) is 0 Å². The van der Waals surface area contributed by atoms with Crippen molar-refractivity contribution in [2.45, 2.75) is 31.5 Å². The molecule has 0 bridgehead atoms. The molecule has 0 aliphatic rings. The van der Waals surface area contributed by atoms with Crippen molar-refractivity contribution < 1.29 is 22.7 Å². The second kappa shape index (κ2) is 4.57. The lowest BCUT2D eigenvalue weighted by atomic mass is 9.79. The van der Waals surface area contributed by atoms with Crippen LogP contribution < -0.4 is 0 Å². The Labute approximate surface area is 105 Å². The summed E-state index contributed by atoms with van der Waals surface area (Å²) in [5.41, 5.74) is -1.92. The molecular weight excluding hydrogens is 304 g/mol. The summed E-state index contributed by atoms with van der Waals surface area (Å²) >= 11 is 3.01. The minimum atomic E-state index is -4.79. The van der Waals surface area contributed by atoms with Gasteiger partial charge in [0.2, 0.25) is 0 Å². The zero-order valence-corrected chi connectivity index (χ0v) is 10.7. The lowest BCUT2D eigenvalue weighted by Crippen LogP contribution is -2.45. The highest BCUT2D eigenvalue weighted by atomic mass is 79.9. The molecule has 0 spiro atoms. The summed E-state index contributed by atoms with van der Waals surface area (Å²) in [4.78, 5) is 0. The minimum absolute atomic E-state index is 0.175. The first-order valence-corrected chi connectivity index (χ1v) is 5.56. The van der Waals surface area contributed by atoms with Crippen molar-refractivity contribution in [1.29, 1.82) is 0 Å². The van der Waals surface area contributed by atoms with Gasteiger partial charge in [-0.15, -0.1) is 0 Å². The Morgan fingerprint density at radius 2 is 1.76 bits per heavy atom. The lowest BCUT2D eigenvalue weighted by molar-refractivity contribution is -0.221. The smallest absolute Gasteiger partial charge is 0.383 e. The van der Waals surface area contributed by atoms with Crippen molar-refractivity contribution >= 4 is 15.9 Å². The van der Waals surface area contributed by atoms with Gasteiger partial charge in [0.1, 0.15) is 5.82 Å². The molecule has 1 nitrogen and oxygen atoms in total. The molecule has 1 aromatic rings. The van der Waals surface area contributed by atoms with Crippen LogP contribution in [-0.4, -0.2) is 17.4 Å². The summed E-state index contributed by atoms with van der Waals surface area (Å²) < 4.78 is 51.4. The van der Waals surface area contributed by atoms with Gasteiger partial charge in [-0.2, -0.15) is 13.2 Å². The first kappa shape index (κ1) is 14.4. The van der Waals surface area contributed by atoms with Gasteiger partial charge >= 0.3 is 6.18 Å². The molecule has 0 heterocycles. The summed E-state index contributed by atoms with van der Waals surface area (Å²) in [6.07, 6.45) is -7.41. The number of benzene rings is 1. The number of alkyl halides is 3. The highest BCUT2D eigenvalue weighted by Gasteiger charge is 2.49. The Hall–Kier alpha value is -0.620. The fraction of sp³-hybridized carbons (Fsp3) is 0.455. The van der Waals surface area contributed by atoms with Crippen LogP contribution in [0.1, 0.15) is 19.4 Å². The number of halogens is 5. The maximum Gasteiger partial charge on any atom is 0.415 e. The Balaban J connectivity index is 3.21. The molecule has 0 aromatic heterocycles. The average Bonchev–Trinajstić information content (AvgIpc) is 2.14. The molecule has 0 aliphatic carbocycles. The molecule has 0 saturated carbocycles. The van der Waals surface area contributed by atoms with Crippen molar-refractivity contribution in [2.24, 2.45) is 0 Å². The number of hydrogen-bond donors (Lipinski definition) is 1. The summed E-state index contributed by atoms with van der Waals surface area (Å²) in [6.45, 7) is 2.30. The number of aliphatic hydroxyl groups excluding tert-OH is 1. The van der Waals surface area contributed by atoms with E-state index >= 15 is 0 Å². The van der Waals surface area contributed by atoms with Crippen LogP contribution in [0.5, 0.6) is 0 Å². The molecule has 1 N–H and O–H groups in total. The van der Waals surface area contributed by atoms with Crippen molar-refractivity contribution in [3.63, 3.8) is 0 Å². The van der Waals surface area contributed by atoms with Gasteiger partial charge in [-0.05, 0) is 17.7 Å². The molecule has 0 amide bonds. The first-order chi connectivity index (χ1) is 7.56. The maximum absolute atomic E-state index is 13.6. The highest BCUT2D eigenvalue weighted by molar-refractivity contribution is 9.10. The van der Waals surface area contributed by atoms with E-state index in [0.29, 0.717) is 4.47 Å². The molecule has 1 atom stereocenters. The molecule has 96 valence electrons. The summed E-state index contributed by atoms with van der Waals surface area (Å²) in [6, 6.07) is 3.73. The van der Waals surface area contributed by atoms with Gasteiger partial charge in [0, 0.05) is 9.89 Å². The Bertz CT molecular complexity index is 414. The topological polar surface area (TPSA) is 20.2 Å². The van der Waals surface area contributed by atoms with E-state index in [1.165, 1.54) is 12.1 Å². The van der Waals surface area contributed by atoms with E-state index < -0.39 is 23.5 Å². The molecule has 0 radical (unpaired) electrons. The predicted octanol–water partition coefficient (Wildman–Crippen LogP) is 3.79. The molecule has 0 saturated heterocycles.